The summed E-state index contributed by atoms with van der Waals surface area (Å²) in [5.74, 6) is 1.64. The molecule has 2 rings (SSSR count). The van der Waals surface area contributed by atoms with E-state index in [-0.39, 0.29) is 5.82 Å². The van der Waals surface area contributed by atoms with Crippen molar-refractivity contribution in [3.8, 4) is 17.2 Å². The van der Waals surface area contributed by atoms with Crippen molar-refractivity contribution in [1.82, 2.24) is 0 Å². The Morgan fingerprint density at radius 3 is 2.37 bits per heavy atom. The average Bonchev–Trinajstić information content (AvgIpc) is 2.42. The molecule has 0 fully saturated rings. The number of rotatable bonds is 6. The van der Waals surface area contributed by atoms with Gasteiger partial charge >= 0.3 is 0 Å². The van der Waals surface area contributed by atoms with Crippen LogP contribution in [0.1, 0.15) is 0 Å². The van der Waals surface area contributed by atoms with Crippen molar-refractivity contribution >= 4 is 0 Å². The predicted molar refractivity (Wildman–Crippen MR) is 70.3 cm³/mol. The first-order valence-corrected chi connectivity index (χ1v) is 5.93. The Morgan fingerprint density at radius 2 is 1.63 bits per heavy atom. The van der Waals surface area contributed by atoms with Crippen LogP contribution in [0.25, 0.3) is 0 Å². The highest BCUT2D eigenvalue weighted by atomic mass is 19.1. The van der Waals surface area contributed by atoms with E-state index < -0.39 is 0 Å². The summed E-state index contributed by atoms with van der Waals surface area (Å²) in [4.78, 5) is 0. The van der Waals surface area contributed by atoms with Gasteiger partial charge in [-0.25, -0.2) is 4.39 Å². The highest BCUT2D eigenvalue weighted by Gasteiger charge is 2.00. The summed E-state index contributed by atoms with van der Waals surface area (Å²) >= 11 is 0. The van der Waals surface area contributed by atoms with Crippen molar-refractivity contribution in [2.75, 3.05) is 20.3 Å². The molecule has 0 bridgehead atoms. The minimum absolute atomic E-state index is 0.288. The van der Waals surface area contributed by atoms with Crippen molar-refractivity contribution in [1.29, 1.82) is 0 Å². The van der Waals surface area contributed by atoms with Gasteiger partial charge in [0.05, 0.1) is 6.61 Å². The Bertz CT molecular complexity index is 511. The monoisotopic (exact) mass is 262 g/mol. The van der Waals surface area contributed by atoms with E-state index in [1.807, 2.05) is 18.2 Å². The Hall–Kier alpha value is -2.07. The molecule has 0 radical (unpaired) electrons. The molecule has 0 aliphatic carbocycles. The predicted octanol–water partition coefficient (Wildman–Crippen LogP) is 3.64. The zero-order valence-electron chi connectivity index (χ0n) is 10.6. The highest BCUT2D eigenvalue weighted by molar-refractivity contribution is 5.36. The highest BCUT2D eigenvalue weighted by Crippen LogP contribution is 2.25. The molecule has 0 heterocycles. The standard InChI is InChI=1S/C15H15FO3/c1-17-9-10-18-14-3-2-4-15(11-14)19-13-7-5-12(16)6-8-13/h2-8,11H,9-10H2,1H3. The first-order chi connectivity index (χ1) is 9.28. The fourth-order valence-electron chi connectivity index (χ4n) is 1.51. The van der Waals surface area contributed by atoms with Crippen molar-refractivity contribution < 1.29 is 18.6 Å². The quantitative estimate of drug-likeness (QED) is 0.744. The van der Waals surface area contributed by atoms with Gasteiger partial charge in [0.25, 0.3) is 0 Å². The summed E-state index contributed by atoms with van der Waals surface area (Å²) in [6, 6.07) is 13.1. The van der Waals surface area contributed by atoms with Crippen molar-refractivity contribution in [2.24, 2.45) is 0 Å². The van der Waals surface area contributed by atoms with Crippen LogP contribution < -0.4 is 9.47 Å². The number of methoxy groups -OCH3 is 1. The molecular weight excluding hydrogens is 247 g/mol. The first-order valence-electron chi connectivity index (χ1n) is 5.93. The second kappa shape index (κ2) is 6.75. The third-order valence-electron chi connectivity index (χ3n) is 2.41. The molecule has 0 spiro atoms. The van der Waals surface area contributed by atoms with Gasteiger partial charge in [-0.1, -0.05) is 6.07 Å². The van der Waals surface area contributed by atoms with E-state index in [2.05, 4.69) is 0 Å². The molecule has 0 N–H and O–H groups in total. The second-order valence-electron chi connectivity index (χ2n) is 3.87. The van der Waals surface area contributed by atoms with Crippen LogP contribution in [-0.2, 0) is 4.74 Å². The van der Waals surface area contributed by atoms with Crippen LogP contribution >= 0.6 is 0 Å². The molecule has 0 amide bonds. The summed E-state index contributed by atoms with van der Waals surface area (Å²) in [6.45, 7) is 1.01. The van der Waals surface area contributed by atoms with Crippen LogP contribution in [0.3, 0.4) is 0 Å². The van der Waals surface area contributed by atoms with Gasteiger partial charge in [0, 0.05) is 13.2 Å². The Balaban J connectivity index is 2.00. The van der Waals surface area contributed by atoms with E-state index in [0.29, 0.717) is 30.5 Å². The lowest BCUT2D eigenvalue weighted by atomic mass is 10.3. The van der Waals surface area contributed by atoms with Crippen LogP contribution in [0.2, 0.25) is 0 Å². The van der Waals surface area contributed by atoms with Crippen molar-refractivity contribution in [2.45, 2.75) is 0 Å². The fourth-order valence-corrected chi connectivity index (χ4v) is 1.51. The Labute approximate surface area is 111 Å². The normalized spacial score (nSPS) is 10.2. The zero-order chi connectivity index (χ0) is 13.5. The number of hydrogen-bond donors (Lipinski definition) is 0. The van der Waals surface area contributed by atoms with Crippen LogP contribution in [0.5, 0.6) is 17.2 Å². The van der Waals surface area contributed by atoms with E-state index in [0.717, 1.165) is 0 Å². The third-order valence-corrected chi connectivity index (χ3v) is 2.41. The molecule has 0 unspecified atom stereocenters. The van der Waals surface area contributed by atoms with Crippen molar-refractivity contribution in [3.63, 3.8) is 0 Å². The molecule has 0 aromatic heterocycles. The Morgan fingerprint density at radius 1 is 0.895 bits per heavy atom. The van der Waals surface area contributed by atoms with Gasteiger partial charge in [0.1, 0.15) is 29.7 Å². The zero-order valence-corrected chi connectivity index (χ0v) is 10.6. The SMILES string of the molecule is COCCOc1cccc(Oc2ccc(F)cc2)c1. The molecule has 19 heavy (non-hydrogen) atoms. The molecule has 0 atom stereocenters. The lowest BCUT2D eigenvalue weighted by molar-refractivity contribution is 0.146. The number of hydrogen-bond acceptors (Lipinski definition) is 3. The van der Waals surface area contributed by atoms with Gasteiger partial charge in [-0.3, -0.25) is 0 Å². The van der Waals surface area contributed by atoms with Gasteiger partial charge < -0.3 is 14.2 Å². The molecule has 3 nitrogen and oxygen atoms in total. The first kappa shape index (κ1) is 13.4. The van der Waals surface area contributed by atoms with E-state index in [4.69, 9.17) is 14.2 Å². The Kier molecular flexibility index (Phi) is 4.75. The van der Waals surface area contributed by atoms with Gasteiger partial charge in [-0.15, -0.1) is 0 Å². The van der Waals surface area contributed by atoms with Crippen LogP contribution in [0.15, 0.2) is 48.5 Å². The maximum atomic E-state index is 12.8. The number of benzene rings is 2. The lowest BCUT2D eigenvalue weighted by Gasteiger charge is -2.09. The van der Waals surface area contributed by atoms with E-state index in [9.17, 15) is 4.39 Å². The largest absolute Gasteiger partial charge is 0.491 e. The minimum Gasteiger partial charge on any atom is -0.491 e. The third kappa shape index (κ3) is 4.26. The molecular formula is C15H15FO3. The average molecular weight is 262 g/mol. The van der Waals surface area contributed by atoms with E-state index in [1.165, 1.54) is 12.1 Å². The van der Waals surface area contributed by atoms with Crippen molar-refractivity contribution in [3.05, 3.63) is 54.3 Å². The molecule has 100 valence electrons. The van der Waals surface area contributed by atoms with Crippen LogP contribution in [0.4, 0.5) is 4.39 Å². The number of halogens is 1. The molecule has 2 aromatic rings. The topological polar surface area (TPSA) is 27.7 Å². The summed E-state index contributed by atoms with van der Waals surface area (Å²) in [6.07, 6.45) is 0. The summed E-state index contributed by atoms with van der Waals surface area (Å²) in [7, 11) is 1.62. The lowest BCUT2D eigenvalue weighted by Crippen LogP contribution is -2.04. The summed E-state index contributed by atoms with van der Waals surface area (Å²) < 4.78 is 28.8. The molecule has 0 saturated carbocycles. The van der Waals surface area contributed by atoms with Gasteiger partial charge in [-0.05, 0) is 36.4 Å². The van der Waals surface area contributed by atoms with E-state index >= 15 is 0 Å². The van der Waals surface area contributed by atoms with Gasteiger partial charge in [-0.2, -0.15) is 0 Å². The maximum absolute atomic E-state index is 12.8. The minimum atomic E-state index is -0.288. The van der Waals surface area contributed by atoms with Crippen LogP contribution in [0, 0.1) is 5.82 Å². The summed E-state index contributed by atoms with van der Waals surface area (Å²) in [5.41, 5.74) is 0. The smallest absolute Gasteiger partial charge is 0.131 e. The van der Waals surface area contributed by atoms with Gasteiger partial charge in [0.15, 0.2) is 0 Å². The molecule has 0 aliphatic rings. The second-order valence-corrected chi connectivity index (χ2v) is 3.87. The molecule has 0 saturated heterocycles. The van der Waals surface area contributed by atoms with E-state index in [1.54, 1.807) is 25.3 Å². The van der Waals surface area contributed by atoms with Gasteiger partial charge in [0.2, 0.25) is 0 Å². The number of ether oxygens (including phenoxy) is 3. The summed E-state index contributed by atoms with van der Waals surface area (Å²) in [5, 5.41) is 0. The molecule has 2 aromatic carbocycles. The fraction of sp³-hybridized carbons (Fsp3) is 0.200. The molecule has 0 aliphatic heterocycles. The molecule has 4 heteroatoms. The maximum Gasteiger partial charge on any atom is 0.131 e. The van der Waals surface area contributed by atoms with Crippen LogP contribution in [-0.4, -0.2) is 20.3 Å².